The second-order valence-corrected chi connectivity index (χ2v) is 7.68. The molecular weight excluding hydrogens is 400 g/mol. The van der Waals surface area contributed by atoms with E-state index in [4.69, 9.17) is 21.6 Å². The molecule has 3 heteroatoms. The van der Waals surface area contributed by atoms with Crippen LogP contribution in [0.1, 0.15) is 0 Å². The van der Waals surface area contributed by atoms with Crippen molar-refractivity contribution in [2.24, 2.45) is 0 Å². The highest BCUT2D eigenvalue weighted by Crippen LogP contribution is 2.34. The lowest BCUT2D eigenvalue weighted by Gasteiger charge is -2.13. The van der Waals surface area contributed by atoms with Gasteiger partial charge in [-0.25, -0.2) is 9.97 Å². The third-order valence-corrected chi connectivity index (χ3v) is 5.44. The van der Waals surface area contributed by atoms with Crippen LogP contribution in [0.5, 0.6) is 0 Å². The van der Waals surface area contributed by atoms with Crippen LogP contribution in [0.25, 0.3) is 45.0 Å². The summed E-state index contributed by atoms with van der Waals surface area (Å²) in [4.78, 5) is 9.85. The molecule has 0 saturated carbocycles. The van der Waals surface area contributed by atoms with E-state index in [9.17, 15) is 0 Å². The Kier molecular flexibility index (Phi) is 5.30. The number of halogens is 1. The van der Waals surface area contributed by atoms with Gasteiger partial charge in [-0.2, -0.15) is 0 Å². The van der Waals surface area contributed by atoms with Crippen molar-refractivity contribution in [2.75, 3.05) is 0 Å². The quantitative estimate of drug-likeness (QED) is 0.297. The largest absolute Gasteiger partial charge is 0.228 e. The van der Waals surface area contributed by atoms with E-state index in [-0.39, 0.29) is 0 Å². The molecule has 1 aromatic heterocycles. The Hall–Kier alpha value is -3.75. The van der Waals surface area contributed by atoms with Crippen LogP contribution >= 0.6 is 11.6 Å². The Balaban J connectivity index is 1.72. The Labute approximate surface area is 186 Å². The molecule has 0 aliphatic rings. The smallest absolute Gasteiger partial charge is 0.160 e. The van der Waals surface area contributed by atoms with Crippen LogP contribution in [0.15, 0.2) is 115 Å². The number of hydrogen-bond acceptors (Lipinski definition) is 2. The van der Waals surface area contributed by atoms with Crippen molar-refractivity contribution in [1.29, 1.82) is 0 Å². The zero-order chi connectivity index (χ0) is 21.0. The predicted octanol–water partition coefficient (Wildman–Crippen LogP) is 7.80. The Morgan fingerprint density at radius 2 is 1.00 bits per heavy atom. The fourth-order valence-electron chi connectivity index (χ4n) is 3.65. The van der Waals surface area contributed by atoms with Crippen molar-refractivity contribution in [1.82, 2.24) is 9.97 Å². The number of aromatic nitrogens is 2. The van der Waals surface area contributed by atoms with E-state index in [1.807, 2.05) is 84.9 Å². The van der Waals surface area contributed by atoms with E-state index in [0.29, 0.717) is 5.82 Å². The highest BCUT2D eigenvalue weighted by molar-refractivity contribution is 6.30. The Morgan fingerprint density at radius 3 is 1.68 bits per heavy atom. The first-order valence-electron chi connectivity index (χ1n) is 10.1. The minimum Gasteiger partial charge on any atom is -0.228 e. The molecule has 148 valence electrons. The molecule has 0 unspecified atom stereocenters. The van der Waals surface area contributed by atoms with Gasteiger partial charge in [-0.15, -0.1) is 0 Å². The molecule has 0 aliphatic heterocycles. The topological polar surface area (TPSA) is 25.8 Å². The third-order valence-electron chi connectivity index (χ3n) is 5.19. The van der Waals surface area contributed by atoms with Gasteiger partial charge >= 0.3 is 0 Å². The molecule has 2 nitrogen and oxygen atoms in total. The maximum Gasteiger partial charge on any atom is 0.160 e. The molecule has 0 radical (unpaired) electrons. The van der Waals surface area contributed by atoms with Crippen molar-refractivity contribution < 1.29 is 0 Å². The minimum atomic E-state index is 0.711. The summed E-state index contributed by atoms with van der Waals surface area (Å²) in [6.45, 7) is 0. The first kappa shape index (κ1) is 19.2. The van der Waals surface area contributed by atoms with Crippen LogP contribution < -0.4 is 0 Å². The fraction of sp³-hybridized carbons (Fsp3) is 0. The summed E-state index contributed by atoms with van der Waals surface area (Å²) in [5.74, 6) is 0.711. The maximum atomic E-state index is 6.11. The van der Waals surface area contributed by atoms with Gasteiger partial charge in [0.2, 0.25) is 0 Å². The van der Waals surface area contributed by atoms with Crippen molar-refractivity contribution in [2.45, 2.75) is 0 Å². The SMILES string of the molecule is Clc1ccc(-c2ccccc2-c2cc(-c3ccccc3)nc(-c3ccccc3)n2)cc1. The number of nitrogens with zero attached hydrogens (tertiary/aromatic N) is 2. The van der Waals surface area contributed by atoms with Crippen LogP contribution in [-0.2, 0) is 0 Å². The van der Waals surface area contributed by atoms with Crippen molar-refractivity contribution >= 4 is 11.6 Å². The lowest BCUT2D eigenvalue weighted by atomic mass is 9.96. The maximum absolute atomic E-state index is 6.11. The lowest BCUT2D eigenvalue weighted by Crippen LogP contribution is -1.96. The molecule has 0 bridgehead atoms. The fourth-order valence-corrected chi connectivity index (χ4v) is 3.77. The molecule has 0 saturated heterocycles. The standard InChI is InChI=1S/C28H19ClN2/c29-23-17-15-20(16-18-23)24-13-7-8-14-25(24)27-19-26(21-9-3-1-4-10-21)30-28(31-27)22-11-5-2-6-12-22/h1-19H. The molecule has 0 fully saturated rings. The van der Waals surface area contributed by atoms with Crippen molar-refractivity contribution in [3.8, 4) is 45.0 Å². The average molecular weight is 419 g/mol. The van der Waals surface area contributed by atoms with Crippen LogP contribution in [0.2, 0.25) is 5.02 Å². The van der Waals surface area contributed by atoms with Gasteiger partial charge in [-0.1, -0.05) is 109 Å². The summed E-state index contributed by atoms with van der Waals surface area (Å²) in [7, 11) is 0. The first-order chi connectivity index (χ1) is 15.3. The third kappa shape index (κ3) is 4.11. The number of benzene rings is 4. The van der Waals surface area contributed by atoms with E-state index in [2.05, 4.69) is 30.3 Å². The highest BCUT2D eigenvalue weighted by atomic mass is 35.5. The molecule has 0 aliphatic carbocycles. The van der Waals surface area contributed by atoms with Crippen LogP contribution in [0.3, 0.4) is 0 Å². The molecule has 1 heterocycles. The van der Waals surface area contributed by atoms with Crippen LogP contribution in [-0.4, -0.2) is 9.97 Å². The molecule has 0 spiro atoms. The zero-order valence-electron chi connectivity index (χ0n) is 16.7. The molecule has 0 amide bonds. The van der Waals surface area contributed by atoms with Gasteiger partial charge in [0.25, 0.3) is 0 Å². The summed E-state index contributed by atoms with van der Waals surface area (Å²) in [5.41, 5.74) is 7.10. The van der Waals surface area contributed by atoms with E-state index in [0.717, 1.165) is 44.2 Å². The molecule has 5 aromatic rings. The van der Waals surface area contributed by atoms with E-state index in [1.165, 1.54) is 0 Å². The normalized spacial score (nSPS) is 10.7. The van der Waals surface area contributed by atoms with Gasteiger partial charge < -0.3 is 0 Å². The van der Waals surface area contributed by atoms with E-state index in [1.54, 1.807) is 0 Å². The molecule has 31 heavy (non-hydrogen) atoms. The molecular formula is C28H19ClN2. The Bertz CT molecular complexity index is 1260. The summed E-state index contributed by atoms with van der Waals surface area (Å²) in [6, 6.07) is 38.6. The van der Waals surface area contributed by atoms with E-state index >= 15 is 0 Å². The van der Waals surface area contributed by atoms with Crippen LogP contribution in [0.4, 0.5) is 0 Å². The number of rotatable bonds is 4. The van der Waals surface area contributed by atoms with Gasteiger partial charge in [-0.05, 0) is 29.3 Å². The lowest BCUT2D eigenvalue weighted by molar-refractivity contribution is 1.18. The van der Waals surface area contributed by atoms with E-state index < -0.39 is 0 Å². The Morgan fingerprint density at radius 1 is 0.452 bits per heavy atom. The summed E-state index contributed by atoms with van der Waals surface area (Å²) >= 11 is 6.11. The first-order valence-corrected chi connectivity index (χ1v) is 10.5. The van der Waals surface area contributed by atoms with Gasteiger partial charge in [0, 0.05) is 21.7 Å². The molecule has 0 atom stereocenters. The zero-order valence-corrected chi connectivity index (χ0v) is 17.5. The van der Waals surface area contributed by atoms with Crippen LogP contribution in [0, 0.1) is 0 Å². The number of hydrogen-bond donors (Lipinski definition) is 0. The molecule has 4 aromatic carbocycles. The van der Waals surface area contributed by atoms with Crippen molar-refractivity contribution in [3.63, 3.8) is 0 Å². The second-order valence-electron chi connectivity index (χ2n) is 7.25. The molecule has 0 N–H and O–H groups in total. The van der Waals surface area contributed by atoms with Gasteiger partial charge in [-0.3, -0.25) is 0 Å². The molecule has 5 rings (SSSR count). The summed E-state index contributed by atoms with van der Waals surface area (Å²) in [6.07, 6.45) is 0. The predicted molar refractivity (Wildman–Crippen MR) is 129 cm³/mol. The van der Waals surface area contributed by atoms with Crippen molar-refractivity contribution in [3.05, 3.63) is 120 Å². The highest BCUT2D eigenvalue weighted by Gasteiger charge is 2.13. The summed E-state index contributed by atoms with van der Waals surface area (Å²) < 4.78 is 0. The average Bonchev–Trinajstić information content (AvgIpc) is 2.85. The van der Waals surface area contributed by atoms with Gasteiger partial charge in [0.05, 0.1) is 11.4 Å². The van der Waals surface area contributed by atoms with Gasteiger partial charge in [0.1, 0.15) is 0 Å². The monoisotopic (exact) mass is 418 g/mol. The van der Waals surface area contributed by atoms with Gasteiger partial charge in [0.15, 0.2) is 5.82 Å². The second kappa shape index (κ2) is 8.55. The summed E-state index contributed by atoms with van der Waals surface area (Å²) in [5, 5.41) is 0.723. The minimum absolute atomic E-state index is 0.711.